The highest BCUT2D eigenvalue weighted by atomic mass is 16.7. The van der Waals surface area contributed by atoms with Gasteiger partial charge in [0.25, 0.3) is 0 Å². The lowest BCUT2D eigenvalue weighted by atomic mass is 9.54. The zero-order valence-corrected chi connectivity index (χ0v) is 15.3. The molecule has 0 bridgehead atoms. The van der Waals surface area contributed by atoms with Gasteiger partial charge in [-0.2, -0.15) is 0 Å². The number of aryl methyl sites for hydroxylation is 1. The van der Waals surface area contributed by atoms with E-state index in [4.69, 9.17) is 9.31 Å². The maximum atomic E-state index is 11.8. The summed E-state index contributed by atoms with van der Waals surface area (Å²) in [6.07, 6.45) is 2.23. The van der Waals surface area contributed by atoms with Crippen LogP contribution < -0.4 is 0 Å². The molecule has 1 aliphatic heterocycles. The molecule has 2 rings (SSSR count). The highest BCUT2D eigenvalue weighted by molar-refractivity contribution is 6.50. The van der Waals surface area contributed by atoms with Crippen LogP contribution in [-0.4, -0.2) is 24.1 Å². The van der Waals surface area contributed by atoms with Gasteiger partial charge in [0.2, 0.25) is 0 Å². The lowest BCUT2D eigenvalue weighted by Crippen LogP contribution is -2.41. The van der Waals surface area contributed by atoms with Gasteiger partial charge in [0.15, 0.2) is 0 Å². The SMILES string of the molecule is CC(=O)C[C@](C)(CCc1ccccc1)B1OC(C)(C)C(C)(C)O1. The molecule has 0 unspecified atom stereocenters. The Kier molecular flexibility index (Phi) is 5.07. The van der Waals surface area contributed by atoms with E-state index in [9.17, 15) is 4.79 Å². The Balaban J connectivity index is 2.17. The zero-order valence-electron chi connectivity index (χ0n) is 15.3. The van der Waals surface area contributed by atoms with Crippen molar-refractivity contribution in [2.45, 2.75) is 77.3 Å². The van der Waals surface area contributed by atoms with E-state index < -0.39 is 0 Å². The molecule has 0 saturated carbocycles. The molecule has 3 nitrogen and oxygen atoms in total. The Morgan fingerprint density at radius 3 is 2.09 bits per heavy atom. The lowest BCUT2D eigenvalue weighted by molar-refractivity contribution is -0.117. The average molecular weight is 316 g/mol. The smallest absolute Gasteiger partial charge is 0.403 e. The second-order valence-corrected chi connectivity index (χ2v) is 8.11. The van der Waals surface area contributed by atoms with Crippen molar-refractivity contribution in [1.29, 1.82) is 0 Å². The molecule has 0 aromatic heterocycles. The molecule has 1 atom stereocenters. The Hall–Kier alpha value is -1.13. The maximum Gasteiger partial charge on any atom is 0.464 e. The molecule has 1 fully saturated rings. The standard InChI is InChI=1S/C19H29BO3/c1-15(21)14-19(6,13-12-16-10-8-7-9-11-16)20-22-17(2,3)18(4,5)23-20/h7-11H,12-14H2,1-6H3/t19-/m0/s1. The van der Waals surface area contributed by atoms with Gasteiger partial charge in [-0.15, -0.1) is 0 Å². The third kappa shape index (κ3) is 4.05. The molecule has 1 aromatic carbocycles. The average Bonchev–Trinajstić information content (AvgIpc) is 2.66. The van der Waals surface area contributed by atoms with Crippen molar-refractivity contribution in [3.8, 4) is 0 Å². The number of hydrogen-bond acceptors (Lipinski definition) is 3. The van der Waals surface area contributed by atoms with Gasteiger partial charge in [-0.1, -0.05) is 37.3 Å². The molecule has 4 heteroatoms. The van der Waals surface area contributed by atoms with Crippen molar-refractivity contribution in [2.75, 3.05) is 0 Å². The molecule has 0 spiro atoms. The van der Waals surface area contributed by atoms with Gasteiger partial charge in [0, 0.05) is 11.7 Å². The first-order valence-corrected chi connectivity index (χ1v) is 8.45. The van der Waals surface area contributed by atoms with Crippen molar-refractivity contribution in [1.82, 2.24) is 0 Å². The summed E-state index contributed by atoms with van der Waals surface area (Å²) < 4.78 is 12.5. The highest BCUT2D eigenvalue weighted by Crippen LogP contribution is 2.49. The minimum atomic E-state index is -0.373. The van der Waals surface area contributed by atoms with Gasteiger partial charge in [-0.05, 0) is 53.0 Å². The van der Waals surface area contributed by atoms with Crippen molar-refractivity contribution in [2.24, 2.45) is 0 Å². The molecular formula is C19H29BO3. The molecule has 0 aliphatic carbocycles. The highest BCUT2D eigenvalue weighted by Gasteiger charge is 2.57. The van der Waals surface area contributed by atoms with Gasteiger partial charge in [0.05, 0.1) is 11.2 Å². The molecule has 1 aromatic rings. The lowest BCUT2D eigenvalue weighted by Gasteiger charge is -2.32. The molecule has 0 N–H and O–H groups in total. The van der Waals surface area contributed by atoms with E-state index in [1.54, 1.807) is 6.92 Å². The van der Waals surface area contributed by atoms with Crippen molar-refractivity contribution < 1.29 is 14.1 Å². The van der Waals surface area contributed by atoms with Gasteiger partial charge in [-0.3, -0.25) is 0 Å². The summed E-state index contributed by atoms with van der Waals surface area (Å²) in [6.45, 7) is 12.0. The van der Waals surface area contributed by atoms with Crippen LogP contribution in [0.5, 0.6) is 0 Å². The van der Waals surface area contributed by atoms with Crippen molar-refractivity contribution >= 4 is 12.9 Å². The van der Waals surface area contributed by atoms with Crippen LogP contribution in [0.25, 0.3) is 0 Å². The summed E-state index contributed by atoms with van der Waals surface area (Å²) in [5.74, 6) is 0.176. The third-order valence-corrected chi connectivity index (χ3v) is 5.30. The first-order valence-electron chi connectivity index (χ1n) is 8.45. The predicted molar refractivity (Wildman–Crippen MR) is 94.5 cm³/mol. The second-order valence-electron chi connectivity index (χ2n) is 8.11. The van der Waals surface area contributed by atoms with E-state index >= 15 is 0 Å². The molecule has 23 heavy (non-hydrogen) atoms. The zero-order chi connectivity index (χ0) is 17.3. The molecule has 126 valence electrons. The summed E-state index contributed by atoms with van der Waals surface area (Å²) in [5, 5.41) is -0.327. The summed E-state index contributed by atoms with van der Waals surface area (Å²) in [5.41, 5.74) is 0.532. The van der Waals surface area contributed by atoms with Crippen LogP contribution in [-0.2, 0) is 20.5 Å². The Morgan fingerprint density at radius 1 is 1.09 bits per heavy atom. The minimum absolute atomic E-state index is 0.176. The van der Waals surface area contributed by atoms with Crippen LogP contribution in [0.3, 0.4) is 0 Å². The number of ketones is 1. The molecule has 1 aliphatic rings. The van der Waals surface area contributed by atoms with Gasteiger partial charge in [0.1, 0.15) is 5.78 Å². The van der Waals surface area contributed by atoms with Crippen molar-refractivity contribution in [3.63, 3.8) is 0 Å². The normalized spacial score (nSPS) is 21.9. The monoisotopic (exact) mass is 316 g/mol. The fourth-order valence-electron chi connectivity index (χ4n) is 3.06. The molecule has 1 saturated heterocycles. The van der Waals surface area contributed by atoms with Crippen LogP contribution in [0.2, 0.25) is 5.31 Å². The first-order chi connectivity index (χ1) is 10.6. The quantitative estimate of drug-likeness (QED) is 0.727. The fourth-order valence-corrected chi connectivity index (χ4v) is 3.06. The molecule has 0 radical (unpaired) electrons. The summed E-state index contributed by atoms with van der Waals surface area (Å²) in [6, 6.07) is 10.4. The molecule has 0 amide bonds. The first kappa shape index (κ1) is 18.2. The van der Waals surface area contributed by atoms with Crippen LogP contribution in [0.15, 0.2) is 30.3 Å². The number of hydrogen-bond donors (Lipinski definition) is 0. The Morgan fingerprint density at radius 2 is 1.61 bits per heavy atom. The van der Waals surface area contributed by atoms with E-state index in [0.29, 0.717) is 6.42 Å². The summed E-state index contributed by atoms with van der Waals surface area (Å²) in [4.78, 5) is 11.8. The van der Waals surface area contributed by atoms with Crippen LogP contribution in [0.1, 0.15) is 59.9 Å². The number of rotatable bonds is 6. The van der Waals surface area contributed by atoms with Gasteiger partial charge >= 0.3 is 7.12 Å². The van der Waals surface area contributed by atoms with Gasteiger partial charge in [-0.25, -0.2) is 0 Å². The Labute approximate surface area is 140 Å². The fraction of sp³-hybridized carbons (Fsp3) is 0.632. The van der Waals surface area contributed by atoms with Gasteiger partial charge < -0.3 is 14.1 Å². The number of benzene rings is 1. The summed E-state index contributed by atoms with van der Waals surface area (Å²) >= 11 is 0. The predicted octanol–water partition coefficient (Wildman–Crippen LogP) is 4.45. The van der Waals surface area contributed by atoms with E-state index in [0.717, 1.165) is 12.8 Å². The van der Waals surface area contributed by atoms with E-state index in [1.165, 1.54) is 5.56 Å². The number of carbonyl (C=O) groups is 1. The van der Waals surface area contributed by atoms with Crippen molar-refractivity contribution in [3.05, 3.63) is 35.9 Å². The Bertz CT molecular complexity index is 537. The summed E-state index contributed by atoms with van der Waals surface area (Å²) in [7, 11) is -0.361. The third-order valence-electron chi connectivity index (χ3n) is 5.30. The van der Waals surface area contributed by atoms with Crippen LogP contribution in [0, 0.1) is 0 Å². The van der Waals surface area contributed by atoms with Crippen LogP contribution >= 0.6 is 0 Å². The van der Waals surface area contributed by atoms with E-state index in [1.807, 2.05) is 18.2 Å². The molecule has 1 heterocycles. The largest absolute Gasteiger partial charge is 0.464 e. The maximum absolute atomic E-state index is 11.8. The van der Waals surface area contributed by atoms with Crippen LogP contribution in [0.4, 0.5) is 0 Å². The second kappa shape index (κ2) is 6.41. The van der Waals surface area contributed by atoms with E-state index in [2.05, 4.69) is 46.8 Å². The topological polar surface area (TPSA) is 35.5 Å². The van der Waals surface area contributed by atoms with E-state index in [-0.39, 0.29) is 29.4 Å². The number of carbonyl (C=O) groups excluding carboxylic acids is 1. The number of Topliss-reactive ketones (excluding diaryl/α,β-unsaturated/α-hetero) is 1. The minimum Gasteiger partial charge on any atom is -0.403 e. The molecular weight excluding hydrogens is 287 g/mol.